The Bertz CT molecular complexity index is 1230. The van der Waals surface area contributed by atoms with Gasteiger partial charge in [-0.15, -0.1) is 5.10 Å². The quantitative estimate of drug-likeness (QED) is 0.520. The number of rotatable bonds is 7. The Hall–Kier alpha value is -3.29. The van der Waals surface area contributed by atoms with Crippen molar-refractivity contribution >= 4 is 22.6 Å². The van der Waals surface area contributed by atoms with Crippen LogP contribution in [0.1, 0.15) is 51.5 Å². The molecule has 35 heavy (non-hydrogen) atoms. The Morgan fingerprint density at radius 3 is 2.46 bits per heavy atom. The molecule has 8 heteroatoms. The number of aliphatic carboxylic acids is 1. The summed E-state index contributed by atoms with van der Waals surface area (Å²) in [5, 5.41) is 19.2. The van der Waals surface area contributed by atoms with Gasteiger partial charge in [-0.3, -0.25) is 9.59 Å². The van der Waals surface area contributed by atoms with Crippen LogP contribution in [0.2, 0.25) is 0 Å². The number of nitrogens with zero attached hydrogens (tertiary/aromatic N) is 4. The summed E-state index contributed by atoms with van der Waals surface area (Å²) < 4.78 is 16.0. The van der Waals surface area contributed by atoms with Crippen molar-refractivity contribution < 1.29 is 19.1 Å². The van der Waals surface area contributed by atoms with Crippen LogP contribution in [-0.2, 0) is 9.59 Å². The molecule has 2 aliphatic rings. The second-order valence-corrected chi connectivity index (χ2v) is 9.98. The van der Waals surface area contributed by atoms with Gasteiger partial charge >= 0.3 is 5.97 Å². The minimum absolute atomic E-state index is 0.0189. The molecule has 0 radical (unpaired) electrons. The number of carboxylic acids is 1. The summed E-state index contributed by atoms with van der Waals surface area (Å²) in [6, 6.07) is 10.7. The van der Waals surface area contributed by atoms with E-state index in [-0.39, 0.29) is 29.6 Å². The van der Waals surface area contributed by atoms with Crippen molar-refractivity contribution in [2.45, 2.75) is 51.5 Å². The van der Waals surface area contributed by atoms with Crippen molar-refractivity contribution in [1.29, 1.82) is 0 Å². The molecule has 2 aromatic carbocycles. The van der Waals surface area contributed by atoms with Crippen molar-refractivity contribution in [3.8, 4) is 11.3 Å². The van der Waals surface area contributed by atoms with E-state index in [1.54, 1.807) is 12.1 Å². The maximum atomic E-state index is 14.2. The first-order valence-corrected chi connectivity index (χ1v) is 12.6. The van der Waals surface area contributed by atoms with Gasteiger partial charge in [0.2, 0.25) is 5.91 Å². The van der Waals surface area contributed by atoms with Gasteiger partial charge in [0, 0.05) is 30.0 Å². The van der Waals surface area contributed by atoms with Gasteiger partial charge < -0.3 is 10.0 Å². The third kappa shape index (κ3) is 4.66. The first kappa shape index (κ1) is 23.5. The van der Waals surface area contributed by atoms with E-state index in [2.05, 4.69) is 10.3 Å². The Morgan fingerprint density at radius 1 is 1.06 bits per heavy atom. The minimum atomic E-state index is -0.698. The number of carbonyl (C=O) groups excluding carboxylic acids is 1. The normalized spacial score (nSPS) is 24.2. The summed E-state index contributed by atoms with van der Waals surface area (Å²) in [6.45, 7) is 3.39. The number of benzene rings is 2. The summed E-state index contributed by atoms with van der Waals surface area (Å²) in [5.41, 5.74) is 1.54. The smallest absolute Gasteiger partial charge is 0.306 e. The van der Waals surface area contributed by atoms with Gasteiger partial charge in [-0.2, -0.15) is 0 Å². The molecule has 0 saturated heterocycles. The highest BCUT2D eigenvalue weighted by atomic mass is 19.1. The second-order valence-electron chi connectivity index (χ2n) is 9.98. The molecule has 0 atom stereocenters. The van der Waals surface area contributed by atoms with Crippen molar-refractivity contribution in [2.75, 3.05) is 13.1 Å². The summed E-state index contributed by atoms with van der Waals surface area (Å²) in [6.07, 6.45) is 6.50. The zero-order valence-corrected chi connectivity index (χ0v) is 19.9. The van der Waals surface area contributed by atoms with E-state index in [9.17, 15) is 19.1 Å². The van der Waals surface area contributed by atoms with Crippen LogP contribution < -0.4 is 0 Å². The lowest BCUT2D eigenvalue weighted by molar-refractivity contribution is -0.144. The van der Waals surface area contributed by atoms with Crippen LogP contribution in [-0.4, -0.2) is 50.0 Å². The molecular weight excluding hydrogens is 447 g/mol. The van der Waals surface area contributed by atoms with E-state index in [1.165, 1.54) is 6.07 Å². The highest BCUT2D eigenvalue weighted by Gasteiger charge is 2.39. The molecule has 1 heterocycles. The molecule has 0 aliphatic heterocycles. The fourth-order valence-electron chi connectivity index (χ4n) is 5.61. The van der Waals surface area contributed by atoms with Gasteiger partial charge in [-0.1, -0.05) is 29.5 Å². The maximum Gasteiger partial charge on any atom is 0.306 e. The molecule has 0 unspecified atom stereocenters. The van der Waals surface area contributed by atoms with E-state index in [4.69, 9.17) is 0 Å². The monoisotopic (exact) mass is 478 g/mol. The zero-order chi connectivity index (χ0) is 24.5. The Morgan fingerprint density at radius 2 is 1.77 bits per heavy atom. The predicted molar refractivity (Wildman–Crippen MR) is 130 cm³/mol. The summed E-state index contributed by atoms with van der Waals surface area (Å²) in [4.78, 5) is 26.3. The van der Waals surface area contributed by atoms with Crippen molar-refractivity contribution in [2.24, 2.45) is 17.8 Å². The van der Waals surface area contributed by atoms with Crippen LogP contribution in [0.3, 0.4) is 0 Å². The summed E-state index contributed by atoms with van der Waals surface area (Å²) in [7, 11) is 0. The number of hydrogen-bond acceptors (Lipinski definition) is 4. The van der Waals surface area contributed by atoms with Crippen molar-refractivity contribution in [3.63, 3.8) is 0 Å². The number of halogens is 1. The molecule has 3 aromatic rings. The average Bonchev–Trinajstić information content (AvgIpc) is 3.31. The fraction of sp³-hybridized carbons (Fsp3) is 0.481. The molecule has 184 valence electrons. The number of hydrogen-bond donors (Lipinski definition) is 1. The lowest BCUT2D eigenvalue weighted by Gasteiger charge is -2.38. The van der Waals surface area contributed by atoms with E-state index < -0.39 is 5.97 Å². The number of fused-ring (bicyclic) bond motifs is 1. The lowest BCUT2D eigenvalue weighted by atomic mass is 9.78. The van der Waals surface area contributed by atoms with E-state index in [0.717, 1.165) is 36.6 Å². The molecule has 1 N–H and O–H groups in total. The Balaban J connectivity index is 1.19. The Labute approximate surface area is 203 Å². The van der Waals surface area contributed by atoms with Crippen molar-refractivity contribution in [1.82, 2.24) is 19.9 Å². The van der Waals surface area contributed by atoms with Gasteiger partial charge in [0.05, 0.1) is 18.2 Å². The molecule has 2 saturated carbocycles. The number of carbonyl (C=O) groups is 2. The molecular formula is C27H31FN4O3. The van der Waals surface area contributed by atoms with Crippen LogP contribution >= 0.6 is 0 Å². The van der Waals surface area contributed by atoms with E-state index >= 15 is 0 Å². The van der Waals surface area contributed by atoms with Crippen LogP contribution in [0, 0.1) is 23.6 Å². The van der Waals surface area contributed by atoms with Crippen LogP contribution in [0.15, 0.2) is 42.6 Å². The van der Waals surface area contributed by atoms with Gasteiger partial charge in [0.25, 0.3) is 0 Å². The zero-order valence-electron chi connectivity index (χ0n) is 19.9. The van der Waals surface area contributed by atoms with Gasteiger partial charge in [-0.25, -0.2) is 9.07 Å². The SMILES string of the molecule is CCN(CC1CCC(C(=O)O)CC1)C(=O)C1CC(n2cc(-c3ccc(F)c4ccccc34)nn2)C1. The summed E-state index contributed by atoms with van der Waals surface area (Å²) >= 11 is 0. The molecule has 2 fully saturated rings. The Kier molecular flexibility index (Phi) is 6.54. The first-order valence-electron chi connectivity index (χ1n) is 12.6. The van der Waals surface area contributed by atoms with Crippen molar-refractivity contribution in [3.05, 3.63) is 48.4 Å². The molecule has 2 aliphatic carbocycles. The van der Waals surface area contributed by atoms with Crippen LogP contribution in [0.5, 0.6) is 0 Å². The van der Waals surface area contributed by atoms with E-state index in [1.807, 2.05) is 40.9 Å². The molecule has 5 rings (SSSR count). The molecule has 1 amide bonds. The van der Waals surface area contributed by atoms with Crippen LogP contribution in [0.25, 0.3) is 22.0 Å². The van der Waals surface area contributed by atoms with E-state index in [0.29, 0.717) is 42.9 Å². The van der Waals surface area contributed by atoms with Gasteiger partial charge in [-0.05, 0) is 68.9 Å². The van der Waals surface area contributed by atoms with Gasteiger partial charge in [0.15, 0.2) is 0 Å². The lowest BCUT2D eigenvalue weighted by Crippen LogP contribution is -2.44. The second kappa shape index (κ2) is 9.76. The molecule has 7 nitrogen and oxygen atoms in total. The molecule has 0 bridgehead atoms. The largest absolute Gasteiger partial charge is 0.481 e. The molecule has 0 spiro atoms. The number of amides is 1. The first-order chi connectivity index (χ1) is 16.9. The predicted octanol–water partition coefficient (Wildman–Crippen LogP) is 4.93. The third-order valence-corrected chi connectivity index (χ3v) is 7.86. The summed E-state index contributed by atoms with van der Waals surface area (Å²) in [5.74, 6) is -0.633. The fourth-order valence-corrected chi connectivity index (χ4v) is 5.61. The highest BCUT2D eigenvalue weighted by Crippen LogP contribution is 2.40. The highest BCUT2D eigenvalue weighted by molar-refractivity contribution is 5.96. The average molecular weight is 479 g/mol. The minimum Gasteiger partial charge on any atom is -0.481 e. The molecule has 1 aromatic heterocycles. The number of aromatic nitrogens is 3. The van der Waals surface area contributed by atoms with Gasteiger partial charge in [0.1, 0.15) is 11.5 Å². The topological polar surface area (TPSA) is 88.3 Å². The third-order valence-electron chi connectivity index (χ3n) is 7.86. The maximum absolute atomic E-state index is 14.2. The van der Waals surface area contributed by atoms with Crippen LogP contribution in [0.4, 0.5) is 4.39 Å². The number of carboxylic acid groups (broad SMARTS) is 1. The standard InChI is InChI=1S/C27H31FN4O3/c1-2-31(15-17-7-9-18(10-8-17)27(34)35)26(33)19-13-20(14-19)32-16-25(29-30-32)23-11-12-24(28)22-6-4-3-5-21(22)23/h3-6,11-12,16-20H,2,7-10,13-15H2,1H3,(H,34,35).